The van der Waals surface area contributed by atoms with Crippen LogP contribution in [0.2, 0.25) is 0 Å². The average Bonchev–Trinajstić information content (AvgIpc) is 3.03. The van der Waals surface area contributed by atoms with Gasteiger partial charge in [-0.2, -0.15) is 0 Å². The summed E-state index contributed by atoms with van der Waals surface area (Å²) in [6.45, 7) is 6.22. The van der Waals surface area contributed by atoms with Gasteiger partial charge in [-0.05, 0) is 91.1 Å². The van der Waals surface area contributed by atoms with Crippen LogP contribution in [-0.2, 0) is 14.3 Å². The number of hydrogen-bond acceptors (Lipinski definition) is 4. The van der Waals surface area contributed by atoms with Gasteiger partial charge in [0, 0.05) is 13.2 Å². The molecule has 1 atom stereocenters. The summed E-state index contributed by atoms with van der Waals surface area (Å²) in [4.78, 5) is 14.7. The van der Waals surface area contributed by atoms with Gasteiger partial charge in [0.1, 0.15) is 0 Å². The summed E-state index contributed by atoms with van der Waals surface area (Å²) in [5.74, 6) is -0.202. The zero-order valence-electron chi connectivity index (χ0n) is 30.5. The Morgan fingerprint density at radius 2 is 0.889 bits per heavy atom. The first-order valence-corrected chi connectivity index (χ1v) is 19.1. The van der Waals surface area contributed by atoms with Crippen molar-refractivity contribution in [3.8, 4) is 0 Å². The van der Waals surface area contributed by atoms with Crippen LogP contribution < -0.4 is 0 Å². The van der Waals surface area contributed by atoms with E-state index in [2.05, 4.69) is 62.5 Å². The van der Waals surface area contributed by atoms with E-state index in [9.17, 15) is 4.79 Å². The van der Waals surface area contributed by atoms with Crippen molar-refractivity contribution in [1.29, 1.82) is 0 Å². The Kier molecular flexibility index (Phi) is 35.5. The van der Waals surface area contributed by atoms with Crippen LogP contribution in [-0.4, -0.2) is 50.8 Å². The molecule has 4 nitrogen and oxygen atoms in total. The van der Waals surface area contributed by atoms with Gasteiger partial charge in [-0.15, -0.1) is 0 Å². The second-order valence-electron chi connectivity index (χ2n) is 13.0. The Morgan fingerprint density at radius 3 is 1.31 bits per heavy atom. The summed E-state index contributed by atoms with van der Waals surface area (Å²) < 4.78 is 11.6. The van der Waals surface area contributed by atoms with Gasteiger partial charge < -0.3 is 14.4 Å². The van der Waals surface area contributed by atoms with Crippen LogP contribution in [0.15, 0.2) is 48.6 Å². The molecule has 0 spiro atoms. The molecule has 0 saturated heterocycles. The first kappa shape index (κ1) is 43.4. The molecule has 0 heterocycles. The number of carbonyl (C=O) groups is 1. The highest BCUT2D eigenvalue weighted by Gasteiger charge is 2.21. The van der Waals surface area contributed by atoms with E-state index in [1.165, 1.54) is 116 Å². The van der Waals surface area contributed by atoms with Crippen molar-refractivity contribution in [2.24, 2.45) is 0 Å². The summed E-state index contributed by atoms with van der Waals surface area (Å²) in [6, 6.07) is 0. The summed E-state index contributed by atoms with van der Waals surface area (Å²) in [5, 5.41) is 0. The third-order valence-electron chi connectivity index (χ3n) is 8.05. The minimum atomic E-state index is -0.484. The second kappa shape index (κ2) is 36.8. The van der Waals surface area contributed by atoms with Gasteiger partial charge in [-0.1, -0.05) is 140 Å². The maximum absolute atomic E-state index is 12.6. The minimum Gasteiger partial charge on any atom is -0.464 e. The topological polar surface area (TPSA) is 38.8 Å². The van der Waals surface area contributed by atoms with E-state index in [0.717, 1.165) is 38.5 Å². The third kappa shape index (κ3) is 35.1. The Labute approximate surface area is 281 Å². The lowest BCUT2D eigenvalue weighted by Gasteiger charge is -2.20. The van der Waals surface area contributed by atoms with E-state index >= 15 is 0 Å². The molecule has 0 rings (SSSR count). The van der Waals surface area contributed by atoms with Gasteiger partial charge in [0.15, 0.2) is 6.10 Å². The molecule has 0 aliphatic carbocycles. The molecular formula is C41H75NO3. The number of likely N-dealkylation sites (N-methyl/N-ethyl adjacent to an activating group) is 1. The monoisotopic (exact) mass is 630 g/mol. The van der Waals surface area contributed by atoms with Gasteiger partial charge in [0.25, 0.3) is 0 Å². The fraction of sp³-hybridized carbons (Fsp3) is 0.780. The number of ether oxygens (including phenoxy) is 2. The molecule has 0 aliphatic heterocycles. The molecular weight excluding hydrogens is 554 g/mol. The van der Waals surface area contributed by atoms with Crippen molar-refractivity contribution in [3.63, 3.8) is 0 Å². The molecule has 0 fully saturated rings. The lowest BCUT2D eigenvalue weighted by atomic mass is 10.1. The van der Waals surface area contributed by atoms with Crippen LogP contribution in [0.25, 0.3) is 0 Å². The van der Waals surface area contributed by atoms with Gasteiger partial charge in [-0.25, -0.2) is 4.79 Å². The molecule has 0 saturated carbocycles. The Bertz CT molecular complexity index is 724. The van der Waals surface area contributed by atoms with E-state index < -0.39 is 6.10 Å². The zero-order valence-corrected chi connectivity index (χ0v) is 30.5. The number of nitrogens with zero attached hydrogens (tertiary/aromatic N) is 1. The standard InChI is InChI=1S/C41H75NO3/c1-5-7-9-11-13-15-17-19-21-23-25-27-29-31-33-35-37-44-40(39-42(3)4)41(43)45-38-36-34-32-30-28-26-24-22-20-18-16-14-12-10-8-6-2/h13-16,19-22,40H,5-12,17-18,23-39H2,1-4H3/b15-13-,16-14-,21-19-,22-20-. The smallest absolute Gasteiger partial charge is 0.336 e. The molecule has 0 amide bonds. The van der Waals surface area contributed by atoms with Crippen molar-refractivity contribution in [3.05, 3.63) is 48.6 Å². The predicted molar refractivity (Wildman–Crippen MR) is 198 cm³/mol. The first-order chi connectivity index (χ1) is 22.1. The molecule has 0 radical (unpaired) electrons. The first-order valence-electron chi connectivity index (χ1n) is 19.1. The number of rotatable bonds is 34. The van der Waals surface area contributed by atoms with Crippen LogP contribution in [0.3, 0.4) is 0 Å². The molecule has 0 bridgehead atoms. The van der Waals surface area contributed by atoms with Gasteiger partial charge in [0.2, 0.25) is 0 Å². The largest absolute Gasteiger partial charge is 0.464 e. The molecule has 0 N–H and O–H groups in total. The highest BCUT2D eigenvalue weighted by molar-refractivity contribution is 5.75. The number of allylic oxidation sites excluding steroid dienone is 8. The summed E-state index contributed by atoms with van der Waals surface area (Å²) in [6.07, 6.45) is 47.3. The normalized spacial score (nSPS) is 13.0. The van der Waals surface area contributed by atoms with Crippen LogP contribution >= 0.6 is 0 Å². The number of hydrogen-bond donors (Lipinski definition) is 0. The van der Waals surface area contributed by atoms with Crippen LogP contribution in [0.4, 0.5) is 0 Å². The highest BCUT2D eigenvalue weighted by Crippen LogP contribution is 2.11. The molecule has 0 aromatic rings. The fourth-order valence-corrected chi connectivity index (χ4v) is 5.20. The summed E-state index contributed by atoms with van der Waals surface area (Å²) in [7, 11) is 3.96. The molecule has 45 heavy (non-hydrogen) atoms. The van der Waals surface area contributed by atoms with Crippen molar-refractivity contribution in [2.45, 2.75) is 174 Å². The van der Waals surface area contributed by atoms with E-state index in [0.29, 0.717) is 19.8 Å². The van der Waals surface area contributed by atoms with Gasteiger partial charge >= 0.3 is 5.97 Å². The molecule has 0 aromatic heterocycles. The van der Waals surface area contributed by atoms with Crippen LogP contribution in [0.5, 0.6) is 0 Å². The molecule has 0 aliphatic rings. The lowest BCUT2D eigenvalue weighted by Crippen LogP contribution is -2.36. The van der Waals surface area contributed by atoms with Crippen molar-refractivity contribution in [1.82, 2.24) is 4.90 Å². The van der Waals surface area contributed by atoms with Crippen molar-refractivity contribution >= 4 is 5.97 Å². The maximum atomic E-state index is 12.6. The minimum absolute atomic E-state index is 0.202. The van der Waals surface area contributed by atoms with Crippen LogP contribution in [0.1, 0.15) is 168 Å². The number of carbonyl (C=O) groups excluding carboxylic acids is 1. The number of esters is 1. The van der Waals surface area contributed by atoms with E-state index in [4.69, 9.17) is 9.47 Å². The second-order valence-corrected chi connectivity index (χ2v) is 13.0. The molecule has 262 valence electrons. The number of unbranched alkanes of at least 4 members (excludes halogenated alkanes) is 18. The quantitative estimate of drug-likeness (QED) is 0.0403. The molecule has 4 heteroatoms. The zero-order chi connectivity index (χ0) is 32.9. The Hall–Kier alpha value is -1.65. The van der Waals surface area contributed by atoms with E-state index in [-0.39, 0.29) is 5.97 Å². The molecule has 0 aromatic carbocycles. The Balaban J connectivity index is 3.72. The SMILES string of the molecule is CCCCC/C=C\C/C=C\CCCCCCCCOC(=O)C(CN(C)C)OCCCCCCCC/C=C\C/C=C\CCCCC. The van der Waals surface area contributed by atoms with E-state index in [1.807, 2.05) is 19.0 Å². The van der Waals surface area contributed by atoms with Crippen LogP contribution in [0, 0.1) is 0 Å². The third-order valence-corrected chi connectivity index (χ3v) is 8.05. The Morgan fingerprint density at radius 1 is 0.511 bits per heavy atom. The summed E-state index contributed by atoms with van der Waals surface area (Å²) in [5.41, 5.74) is 0. The van der Waals surface area contributed by atoms with Crippen molar-refractivity contribution in [2.75, 3.05) is 33.9 Å². The summed E-state index contributed by atoms with van der Waals surface area (Å²) >= 11 is 0. The highest BCUT2D eigenvalue weighted by atomic mass is 16.6. The predicted octanol–water partition coefficient (Wildman–Crippen LogP) is 12.1. The fourth-order valence-electron chi connectivity index (χ4n) is 5.20. The molecule has 1 unspecified atom stereocenters. The van der Waals surface area contributed by atoms with Gasteiger partial charge in [-0.3, -0.25) is 0 Å². The maximum Gasteiger partial charge on any atom is 0.336 e. The van der Waals surface area contributed by atoms with E-state index in [1.54, 1.807) is 0 Å². The van der Waals surface area contributed by atoms with Gasteiger partial charge in [0.05, 0.1) is 6.61 Å². The lowest BCUT2D eigenvalue weighted by molar-refractivity contribution is -0.158. The van der Waals surface area contributed by atoms with Crippen molar-refractivity contribution < 1.29 is 14.3 Å². The average molecular weight is 630 g/mol.